The molecule has 0 spiro atoms. The van der Waals surface area contributed by atoms with Gasteiger partial charge >= 0.3 is 0 Å². The van der Waals surface area contributed by atoms with Crippen LogP contribution in [0.1, 0.15) is 65.8 Å². The minimum atomic E-state index is -4.48. The first-order chi connectivity index (χ1) is 9.86. The maximum atomic E-state index is 12.2. The maximum absolute atomic E-state index is 12.2. The SMILES string of the molecule is CCCCCC(=O)c1ccc(S(=O)(=O)O)c(C=O)c1CC.[Na]. The van der Waals surface area contributed by atoms with Crippen LogP contribution >= 0.6 is 0 Å². The van der Waals surface area contributed by atoms with Crippen LogP contribution in [0.2, 0.25) is 0 Å². The molecule has 0 unspecified atom stereocenters. The van der Waals surface area contributed by atoms with Gasteiger partial charge in [0.1, 0.15) is 4.90 Å². The van der Waals surface area contributed by atoms with Crippen LogP contribution in [0, 0.1) is 0 Å². The summed E-state index contributed by atoms with van der Waals surface area (Å²) in [6, 6.07) is 2.49. The van der Waals surface area contributed by atoms with Crippen LogP contribution in [-0.4, -0.2) is 54.6 Å². The Labute approximate surface area is 153 Å². The Morgan fingerprint density at radius 1 is 1.23 bits per heavy atom. The molecule has 1 aromatic rings. The second-order valence-corrected chi connectivity index (χ2v) is 6.22. The van der Waals surface area contributed by atoms with Crippen LogP contribution in [0.15, 0.2) is 17.0 Å². The molecule has 22 heavy (non-hydrogen) atoms. The van der Waals surface area contributed by atoms with Gasteiger partial charge in [0.15, 0.2) is 12.1 Å². The molecule has 5 nitrogen and oxygen atoms in total. The molecule has 0 saturated heterocycles. The van der Waals surface area contributed by atoms with Crippen LogP contribution in [0.4, 0.5) is 0 Å². The minimum Gasteiger partial charge on any atom is -0.298 e. The third-order valence-electron chi connectivity index (χ3n) is 3.37. The molecule has 117 valence electrons. The van der Waals surface area contributed by atoms with Gasteiger partial charge in [0.2, 0.25) is 0 Å². The first-order valence-electron chi connectivity index (χ1n) is 6.98. The summed E-state index contributed by atoms with van der Waals surface area (Å²) in [6.07, 6.45) is 3.78. The summed E-state index contributed by atoms with van der Waals surface area (Å²) in [5.74, 6) is -0.106. The van der Waals surface area contributed by atoms with Crippen molar-refractivity contribution in [2.45, 2.75) is 50.8 Å². The van der Waals surface area contributed by atoms with Gasteiger partial charge in [-0.3, -0.25) is 14.1 Å². The van der Waals surface area contributed by atoms with Crippen molar-refractivity contribution in [2.75, 3.05) is 0 Å². The van der Waals surface area contributed by atoms with E-state index in [0.29, 0.717) is 30.3 Å². The van der Waals surface area contributed by atoms with Crippen molar-refractivity contribution in [1.29, 1.82) is 0 Å². The Bertz CT molecular complexity index is 638. The fraction of sp³-hybridized carbons (Fsp3) is 0.467. The van der Waals surface area contributed by atoms with E-state index in [1.807, 2.05) is 6.92 Å². The predicted molar refractivity (Wildman–Crippen MR) is 85.2 cm³/mol. The number of hydrogen-bond acceptors (Lipinski definition) is 4. The van der Waals surface area contributed by atoms with E-state index in [9.17, 15) is 18.0 Å². The maximum Gasteiger partial charge on any atom is 0.295 e. The summed E-state index contributed by atoms with van der Waals surface area (Å²) < 4.78 is 31.7. The second kappa shape index (κ2) is 9.57. The molecule has 0 fully saturated rings. The Balaban J connectivity index is 0.00000441. The number of carbonyl (C=O) groups excluding carboxylic acids is 2. The van der Waals surface area contributed by atoms with E-state index in [0.717, 1.165) is 25.3 Å². The zero-order valence-electron chi connectivity index (χ0n) is 13.3. The van der Waals surface area contributed by atoms with Gasteiger partial charge in [-0.15, -0.1) is 0 Å². The quantitative estimate of drug-likeness (QED) is 0.259. The monoisotopic (exact) mass is 335 g/mol. The standard InChI is InChI=1S/C15H20O5S.Na/c1-3-5-6-7-14(17)12-8-9-15(21(18,19)20)13(10-16)11(12)4-2;/h8-10H,3-7H2,1-2H3,(H,18,19,20);. The van der Waals surface area contributed by atoms with Crippen LogP contribution < -0.4 is 0 Å². The number of aldehydes is 1. The van der Waals surface area contributed by atoms with Gasteiger partial charge < -0.3 is 0 Å². The van der Waals surface area contributed by atoms with Crippen molar-refractivity contribution in [1.82, 2.24) is 0 Å². The molecule has 1 aromatic carbocycles. The fourth-order valence-corrected chi connectivity index (χ4v) is 3.00. The molecule has 1 N–H and O–H groups in total. The van der Waals surface area contributed by atoms with E-state index in [1.165, 1.54) is 6.07 Å². The Morgan fingerprint density at radius 3 is 2.32 bits per heavy atom. The number of hydrogen-bond donors (Lipinski definition) is 1. The van der Waals surface area contributed by atoms with E-state index in [2.05, 4.69) is 0 Å². The van der Waals surface area contributed by atoms with Crippen LogP contribution in [0.25, 0.3) is 0 Å². The molecule has 0 aliphatic heterocycles. The number of Topliss-reactive ketones (excluding diaryl/α,β-unsaturated/α-hetero) is 1. The normalized spacial score (nSPS) is 10.9. The number of unbranched alkanes of at least 4 members (excludes halogenated alkanes) is 2. The van der Waals surface area contributed by atoms with Gasteiger partial charge in [-0.05, 0) is 30.5 Å². The molecule has 0 aliphatic carbocycles. The molecule has 1 radical (unpaired) electrons. The summed E-state index contributed by atoms with van der Waals surface area (Å²) in [7, 11) is -4.48. The van der Waals surface area contributed by atoms with E-state index < -0.39 is 15.0 Å². The summed E-state index contributed by atoms with van der Waals surface area (Å²) in [6.45, 7) is 3.77. The van der Waals surface area contributed by atoms with Gasteiger partial charge in [0.25, 0.3) is 10.1 Å². The second-order valence-electron chi connectivity index (χ2n) is 4.83. The number of ketones is 1. The number of carbonyl (C=O) groups is 2. The van der Waals surface area contributed by atoms with E-state index in [4.69, 9.17) is 4.55 Å². The Kier molecular flexibility index (Phi) is 9.34. The molecule has 0 aliphatic rings. The molecule has 7 heteroatoms. The molecule has 0 amide bonds. The smallest absolute Gasteiger partial charge is 0.295 e. The molecular weight excluding hydrogens is 315 g/mol. The van der Waals surface area contributed by atoms with Gasteiger partial charge in [0, 0.05) is 47.1 Å². The average Bonchev–Trinajstić information content (AvgIpc) is 2.44. The fourth-order valence-electron chi connectivity index (χ4n) is 2.31. The zero-order valence-corrected chi connectivity index (χ0v) is 16.1. The first kappa shape index (κ1) is 21.5. The molecule has 0 bridgehead atoms. The molecule has 0 atom stereocenters. The summed E-state index contributed by atoms with van der Waals surface area (Å²) in [5.41, 5.74) is 0.617. The van der Waals surface area contributed by atoms with Crippen molar-refractivity contribution in [3.8, 4) is 0 Å². The van der Waals surface area contributed by atoms with E-state index in [-0.39, 0.29) is 40.9 Å². The van der Waals surface area contributed by atoms with Crippen molar-refractivity contribution >= 4 is 51.7 Å². The first-order valence-corrected chi connectivity index (χ1v) is 8.42. The molecule has 1 rings (SSSR count). The summed E-state index contributed by atoms with van der Waals surface area (Å²) >= 11 is 0. The minimum absolute atomic E-state index is 0. The third kappa shape index (κ3) is 5.28. The number of rotatable bonds is 8. The van der Waals surface area contributed by atoms with Crippen molar-refractivity contribution in [2.24, 2.45) is 0 Å². The van der Waals surface area contributed by atoms with Crippen LogP contribution in [-0.2, 0) is 16.5 Å². The Hall–Kier alpha value is -0.530. The third-order valence-corrected chi connectivity index (χ3v) is 4.29. The topological polar surface area (TPSA) is 88.5 Å². The van der Waals surface area contributed by atoms with Crippen LogP contribution in [0.3, 0.4) is 0 Å². The summed E-state index contributed by atoms with van der Waals surface area (Å²) in [4.78, 5) is 23.0. The van der Waals surface area contributed by atoms with E-state index >= 15 is 0 Å². The molecule has 0 heterocycles. The largest absolute Gasteiger partial charge is 0.298 e. The molecule has 0 aromatic heterocycles. The molecule has 0 saturated carbocycles. The van der Waals surface area contributed by atoms with Crippen molar-refractivity contribution in [3.05, 3.63) is 28.8 Å². The van der Waals surface area contributed by atoms with Gasteiger partial charge in [-0.2, -0.15) is 8.42 Å². The van der Waals surface area contributed by atoms with Crippen molar-refractivity contribution < 1.29 is 22.6 Å². The number of benzene rings is 1. The average molecular weight is 335 g/mol. The van der Waals surface area contributed by atoms with Crippen molar-refractivity contribution in [3.63, 3.8) is 0 Å². The van der Waals surface area contributed by atoms with Gasteiger partial charge in [0.05, 0.1) is 0 Å². The zero-order chi connectivity index (χ0) is 16.0. The summed E-state index contributed by atoms with van der Waals surface area (Å²) in [5, 5.41) is 0. The van der Waals surface area contributed by atoms with Gasteiger partial charge in [-0.1, -0.05) is 26.7 Å². The molecular formula is C15H20NaO5S. The Morgan fingerprint density at radius 2 is 1.86 bits per heavy atom. The predicted octanol–water partition coefficient (Wildman–Crippen LogP) is 2.69. The van der Waals surface area contributed by atoms with E-state index in [1.54, 1.807) is 6.92 Å². The van der Waals surface area contributed by atoms with Crippen LogP contribution in [0.5, 0.6) is 0 Å². The van der Waals surface area contributed by atoms with Gasteiger partial charge in [-0.25, -0.2) is 0 Å².